The Morgan fingerprint density at radius 3 is 1.81 bits per heavy atom. The lowest BCUT2D eigenvalue weighted by atomic mass is 9.96. The van der Waals surface area contributed by atoms with Crippen molar-refractivity contribution < 1.29 is 53.7 Å². The van der Waals surface area contributed by atoms with Gasteiger partial charge in [-0.15, -0.1) is 0 Å². The largest absolute Gasteiger partial charge is 0.480 e. The van der Waals surface area contributed by atoms with Gasteiger partial charge in [-0.3, -0.25) is 33.6 Å². The van der Waals surface area contributed by atoms with Gasteiger partial charge in [0.05, 0.1) is 18.8 Å². The van der Waals surface area contributed by atoms with E-state index in [0.29, 0.717) is 38.0 Å². The second kappa shape index (κ2) is 27.7. The molecular formula is C38H69N9O11S. The highest BCUT2D eigenvalue weighted by Gasteiger charge is 2.36. The Labute approximate surface area is 351 Å². The van der Waals surface area contributed by atoms with E-state index in [9.17, 15) is 53.7 Å². The van der Waals surface area contributed by atoms with E-state index in [2.05, 4.69) is 42.5 Å². The summed E-state index contributed by atoms with van der Waals surface area (Å²) in [6, 6.07) is -9.56. The van der Waals surface area contributed by atoms with E-state index in [1.54, 1.807) is 34.0 Å². The van der Waals surface area contributed by atoms with Crippen molar-refractivity contribution in [3.63, 3.8) is 0 Å². The Hall–Kier alpha value is -4.05. The van der Waals surface area contributed by atoms with Crippen LogP contribution in [0.5, 0.6) is 0 Å². The van der Waals surface area contributed by atoms with Gasteiger partial charge in [-0.05, 0) is 95.7 Å². The number of carbonyl (C=O) groups excluding carboxylic acids is 7. The molecule has 338 valence electrons. The quantitative estimate of drug-likeness (QED) is 0.0365. The van der Waals surface area contributed by atoms with Gasteiger partial charge in [0.15, 0.2) is 0 Å². The van der Waals surface area contributed by atoms with Crippen LogP contribution >= 0.6 is 11.8 Å². The van der Waals surface area contributed by atoms with E-state index in [0.717, 1.165) is 6.42 Å². The van der Waals surface area contributed by atoms with Crippen LogP contribution in [0.25, 0.3) is 0 Å². The smallest absolute Gasteiger partial charge is 0.326 e. The van der Waals surface area contributed by atoms with E-state index in [4.69, 9.17) is 5.73 Å². The van der Waals surface area contributed by atoms with E-state index >= 15 is 0 Å². The zero-order chi connectivity index (χ0) is 44.8. The summed E-state index contributed by atoms with van der Waals surface area (Å²) < 4.78 is 0. The van der Waals surface area contributed by atoms with Crippen LogP contribution in [0.2, 0.25) is 0 Å². The highest BCUT2D eigenvalue weighted by atomic mass is 32.2. The summed E-state index contributed by atoms with van der Waals surface area (Å²) in [7, 11) is 0. The normalized spacial score (nSPS) is 18.4. The zero-order valence-electron chi connectivity index (χ0n) is 35.4. The van der Waals surface area contributed by atoms with Gasteiger partial charge in [-0.2, -0.15) is 11.8 Å². The van der Waals surface area contributed by atoms with Crippen LogP contribution in [0.15, 0.2) is 0 Å². The highest BCUT2D eigenvalue weighted by Crippen LogP contribution is 2.13. The number of unbranched alkanes of at least 4 members (excludes halogenated alkanes) is 1. The van der Waals surface area contributed by atoms with E-state index < -0.39 is 108 Å². The van der Waals surface area contributed by atoms with Crippen molar-refractivity contribution in [3.05, 3.63) is 0 Å². The Bertz CT molecular complexity index is 1400. The third-order valence-corrected chi connectivity index (χ3v) is 10.6. The molecular weight excluding hydrogens is 791 g/mol. The molecule has 0 spiro atoms. The van der Waals surface area contributed by atoms with Crippen LogP contribution in [-0.2, 0) is 38.4 Å². The van der Waals surface area contributed by atoms with Crippen LogP contribution in [-0.4, -0.2) is 149 Å². The minimum atomic E-state index is -1.63. The van der Waals surface area contributed by atoms with Crippen molar-refractivity contribution >= 4 is 59.1 Å². The number of rotatable bonds is 28. The number of carbonyl (C=O) groups is 8. The van der Waals surface area contributed by atoms with Crippen LogP contribution < -0.4 is 48.3 Å². The lowest BCUT2D eigenvalue weighted by Gasteiger charge is -2.30. The van der Waals surface area contributed by atoms with Crippen molar-refractivity contribution in [3.8, 4) is 0 Å². The standard InChI is InChI=1S/C38H69N9O11S/c1-8-21(4)29(36(55)43-26(38(57)58)14-17-59-7)46-33(52)25(12-9-10-15-39)42-37(56)30(23(6)49)47-34(53)27(18-20(2)3)44-35(54)28(19-48)45-31(50)22(5)41-32(51)24-13-11-16-40-24/h20-30,40,48-49H,8-19,39H2,1-7H3,(H,41,51)(H,42,56)(H,43,55)(H,44,54)(H,45,50)(H,46,52)(H,47,53)(H,57,58)/t21-,22-,23+,24-,25-,26-,27-,28-,29-,30-/m0/s1. The maximum absolute atomic E-state index is 13.8. The number of carboxylic acid groups (broad SMARTS) is 1. The van der Waals surface area contributed by atoms with Gasteiger partial charge in [0.25, 0.3) is 0 Å². The monoisotopic (exact) mass is 859 g/mol. The van der Waals surface area contributed by atoms with Crippen molar-refractivity contribution in [1.82, 2.24) is 42.5 Å². The summed E-state index contributed by atoms with van der Waals surface area (Å²) in [5.41, 5.74) is 5.67. The number of aliphatic carboxylic acids is 1. The molecule has 0 unspecified atom stereocenters. The Morgan fingerprint density at radius 2 is 1.29 bits per heavy atom. The number of aliphatic hydroxyl groups is 2. The van der Waals surface area contributed by atoms with E-state index in [1.807, 2.05) is 0 Å². The summed E-state index contributed by atoms with van der Waals surface area (Å²) in [6.45, 7) is 9.81. The number of nitrogens with two attached hydrogens (primary N) is 1. The summed E-state index contributed by atoms with van der Waals surface area (Å²) >= 11 is 1.42. The third kappa shape index (κ3) is 18.8. The number of amides is 7. The number of carboxylic acids is 1. The lowest BCUT2D eigenvalue weighted by Crippen LogP contribution is -2.62. The average molecular weight is 860 g/mol. The molecule has 0 bridgehead atoms. The number of nitrogens with one attached hydrogen (secondary N) is 8. The molecule has 21 heteroatoms. The maximum atomic E-state index is 13.8. The number of aliphatic hydroxyl groups excluding tert-OH is 2. The minimum absolute atomic E-state index is 0.0435. The molecule has 1 saturated heterocycles. The van der Waals surface area contributed by atoms with Gasteiger partial charge >= 0.3 is 5.97 Å². The second-order valence-electron chi connectivity index (χ2n) is 15.4. The molecule has 20 nitrogen and oxygen atoms in total. The van der Waals surface area contributed by atoms with E-state index in [1.165, 1.54) is 25.6 Å². The molecule has 0 aromatic heterocycles. The first-order valence-corrected chi connectivity index (χ1v) is 21.8. The van der Waals surface area contributed by atoms with Crippen LogP contribution in [0.4, 0.5) is 0 Å². The number of hydrogen-bond donors (Lipinski definition) is 12. The Kier molecular flexibility index (Phi) is 24.8. The van der Waals surface area contributed by atoms with Gasteiger partial charge in [-0.25, -0.2) is 4.79 Å². The fraction of sp³-hybridized carbons (Fsp3) is 0.789. The van der Waals surface area contributed by atoms with E-state index in [-0.39, 0.29) is 37.6 Å². The Morgan fingerprint density at radius 1 is 0.729 bits per heavy atom. The van der Waals surface area contributed by atoms with Gasteiger partial charge in [0, 0.05) is 0 Å². The van der Waals surface area contributed by atoms with Crippen LogP contribution in [0.3, 0.4) is 0 Å². The minimum Gasteiger partial charge on any atom is -0.480 e. The average Bonchev–Trinajstić information content (AvgIpc) is 3.73. The van der Waals surface area contributed by atoms with Crippen molar-refractivity contribution in [2.45, 2.75) is 147 Å². The molecule has 0 aliphatic carbocycles. The molecule has 1 fully saturated rings. The molecule has 0 saturated carbocycles. The molecule has 0 aromatic carbocycles. The summed E-state index contributed by atoms with van der Waals surface area (Å²) in [5.74, 6) is -6.73. The molecule has 1 aliphatic rings. The molecule has 1 heterocycles. The molecule has 0 radical (unpaired) electrons. The van der Waals surface area contributed by atoms with Crippen LogP contribution in [0, 0.1) is 11.8 Å². The SMILES string of the molecule is CC[C@H](C)[C@H](NC(=O)[C@H](CCCCN)NC(=O)[C@@H](NC(=O)[C@H](CC(C)C)NC(=O)[C@H](CO)NC(=O)[C@H](C)NC(=O)[C@@H]1CCCN1)[C@@H](C)O)C(=O)N[C@@H](CCSC)C(=O)O. The molecule has 1 rings (SSSR count). The Balaban J connectivity index is 3.18. The van der Waals surface area contributed by atoms with Gasteiger partial charge in [-0.1, -0.05) is 34.1 Å². The van der Waals surface area contributed by atoms with Crippen molar-refractivity contribution in [1.29, 1.82) is 0 Å². The van der Waals surface area contributed by atoms with Crippen molar-refractivity contribution in [2.75, 3.05) is 31.7 Å². The number of thioether (sulfide) groups is 1. The summed E-state index contributed by atoms with van der Waals surface area (Å²) in [5, 5.41) is 50.9. The fourth-order valence-electron chi connectivity index (χ4n) is 6.15. The first-order chi connectivity index (χ1) is 27.8. The van der Waals surface area contributed by atoms with Gasteiger partial charge in [0.2, 0.25) is 41.4 Å². The number of hydrogen-bond acceptors (Lipinski definition) is 13. The summed E-state index contributed by atoms with van der Waals surface area (Å²) in [6.07, 6.45) is 3.29. The van der Waals surface area contributed by atoms with Crippen LogP contribution in [0.1, 0.15) is 92.9 Å². The molecule has 59 heavy (non-hydrogen) atoms. The second-order valence-corrected chi connectivity index (χ2v) is 16.4. The molecule has 7 amide bonds. The molecule has 0 aromatic rings. The first-order valence-electron chi connectivity index (χ1n) is 20.4. The predicted molar refractivity (Wildman–Crippen MR) is 221 cm³/mol. The van der Waals surface area contributed by atoms with Gasteiger partial charge < -0.3 is 63.6 Å². The predicted octanol–water partition coefficient (Wildman–Crippen LogP) is -2.42. The molecule has 10 atom stereocenters. The third-order valence-electron chi connectivity index (χ3n) is 9.95. The first kappa shape index (κ1) is 53.0. The summed E-state index contributed by atoms with van der Waals surface area (Å²) in [4.78, 5) is 105. The van der Waals surface area contributed by atoms with Crippen molar-refractivity contribution in [2.24, 2.45) is 17.6 Å². The highest BCUT2D eigenvalue weighted by molar-refractivity contribution is 7.98. The molecule has 13 N–H and O–H groups in total. The van der Waals surface area contributed by atoms with Gasteiger partial charge in [0.1, 0.15) is 42.3 Å². The molecule has 1 aliphatic heterocycles. The lowest BCUT2D eigenvalue weighted by molar-refractivity contribution is -0.142. The topological polar surface area (TPSA) is 320 Å². The maximum Gasteiger partial charge on any atom is 0.326 e. The fourth-order valence-corrected chi connectivity index (χ4v) is 6.62. The zero-order valence-corrected chi connectivity index (χ0v) is 36.2.